The molecule has 0 unspecified atom stereocenters. The number of hydrogen-bond acceptors (Lipinski definition) is 4. The van der Waals surface area contributed by atoms with E-state index in [-0.39, 0.29) is 6.10 Å². The van der Waals surface area contributed by atoms with Crippen LogP contribution in [0.5, 0.6) is 11.6 Å². The van der Waals surface area contributed by atoms with Gasteiger partial charge >= 0.3 is 0 Å². The largest absolute Gasteiger partial charge is 0.482 e. The van der Waals surface area contributed by atoms with E-state index < -0.39 is 0 Å². The average Bonchev–Trinajstić information content (AvgIpc) is 2.12. The molecule has 1 aliphatic rings. The summed E-state index contributed by atoms with van der Waals surface area (Å²) in [4.78, 5) is 4.09. The summed E-state index contributed by atoms with van der Waals surface area (Å²) in [5, 5.41) is 3.14. The molecule has 5 heteroatoms. The monoisotopic (exact) mass is 258 g/mol. The lowest BCUT2D eigenvalue weighted by Crippen LogP contribution is -2.50. The van der Waals surface area contributed by atoms with Gasteiger partial charge in [0.1, 0.15) is 6.10 Å². The first-order valence-corrected chi connectivity index (χ1v) is 5.16. The Bertz CT molecular complexity index is 329. The van der Waals surface area contributed by atoms with E-state index >= 15 is 0 Å². The molecule has 14 heavy (non-hydrogen) atoms. The van der Waals surface area contributed by atoms with Crippen LogP contribution in [-0.4, -0.2) is 31.3 Å². The number of methoxy groups -OCH3 is 1. The van der Waals surface area contributed by atoms with Crippen LogP contribution in [0, 0.1) is 0 Å². The zero-order valence-corrected chi connectivity index (χ0v) is 9.37. The number of pyridine rings is 1. The fraction of sp³-hybridized carbons (Fsp3) is 0.444. The summed E-state index contributed by atoms with van der Waals surface area (Å²) in [5.41, 5.74) is 0. The molecule has 1 aromatic heterocycles. The third-order valence-corrected chi connectivity index (χ3v) is 2.45. The second kappa shape index (κ2) is 4.14. The van der Waals surface area contributed by atoms with Crippen LogP contribution >= 0.6 is 15.9 Å². The van der Waals surface area contributed by atoms with Crippen molar-refractivity contribution in [1.82, 2.24) is 10.3 Å². The van der Waals surface area contributed by atoms with Gasteiger partial charge in [0.25, 0.3) is 5.88 Å². The van der Waals surface area contributed by atoms with Crippen molar-refractivity contribution >= 4 is 15.9 Å². The first-order chi connectivity index (χ1) is 6.79. The van der Waals surface area contributed by atoms with Gasteiger partial charge < -0.3 is 14.8 Å². The summed E-state index contributed by atoms with van der Waals surface area (Å²) in [6, 6.07) is 1.87. The fourth-order valence-electron chi connectivity index (χ4n) is 1.17. The van der Waals surface area contributed by atoms with E-state index in [2.05, 4.69) is 26.2 Å². The summed E-state index contributed by atoms with van der Waals surface area (Å²) < 4.78 is 11.7. The second-order valence-electron chi connectivity index (χ2n) is 3.06. The Morgan fingerprint density at radius 1 is 1.57 bits per heavy atom. The maximum Gasteiger partial charge on any atom is 0.256 e. The Morgan fingerprint density at radius 2 is 2.36 bits per heavy atom. The summed E-state index contributed by atoms with van der Waals surface area (Å²) in [7, 11) is 1.59. The van der Waals surface area contributed by atoms with Gasteiger partial charge in [-0.2, -0.15) is 0 Å². The quantitative estimate of drug-likeness (QED) is 0.885. The summed E-state index contributed by atoms with van der Waals surface area (Å²) in [5.74, 6) is 1.22. The zero-order valence-electron chi connectivity index (χ0n) is 7.79. The van der Waals surface area contributed by atoms with Crippen LogP contribution in [0.3, 0.4) is 0 Å². The molecule has 0 saturated carbocycles. The first kappa shape index (κ1) is 9.73. The Hall–Kier alpha value is -0.810. The lowest BCUT2D eigenvalue weighted by atomic mass is 10.2. The maximum absolute atomic E-state index is 5.67. The standard InChI is InChI=1S/C9H11BrN2O2/c1-13-9-8(2-6(10)3-12-9)14-7-4-11-5-7/h2-3,7,11H,4-5H2,1H3. The van der Waals surface area contributed by atoms with Crippen molar-refractivity contribution in [2.45, 2.75) is 6.10 Å². The van der Waals surface area contributed by atoms with Crippen LogP contribution in [0.4, 0.5) is 0 Å². The predicted octanol–water partition coefficient (Wildman–Crippen LogP) is 1.20. The van der Waals surface area contributed by atoms with E-state index in [1.54, 1.807) is 13.3 Å². The molecule has 1 aliphatic heterocycles. The molecule has 1 fully saturated rings. The minimum Gasteiger partial charge on any atom is -0.482 e. The molecule has 1 aromatic rings. The molecule has 0 amide bonds. The highest BCUT2D eigenvalue weighted by Gasteiger charge is 2.20. The summed E-state index contributed by atoms with van der Waals surface area (Å²) in [6.07, 6.45) is 1.92. The van der Waals surface area contributed by atoms with Crippen molar-refractivity contribution in [2.75, 3.05) is 20.2 Å². The van der Waals surface area contributed by atoms with E-state index in [4.69, 9.17) is 9.47 Å². The van der Waals surface area contributed by atoms with E-state index in [1.165, 1.54) is 0 Å². The van der Waals surface area contributed by atoms with Crippen molar-refractivity contribution in [1.29, 1.82) is 0 Å². The van der Waals surface area contributed by atoms with Gasteiger partial charge in [0.15, 0.2) is 5.75 Å². The van der Waals surface area contributed by atoms with E-state index in [0.717, 1.165) is 17.6 Å². The molecule has 1 saturated heterocycles. The van der Waals surface area contributed by atoms with E-state index in [0.29, 0.717) is 11.6 Å². The molecular formula is C9H11BrN2O2. The fourth-order valence-corrected chi connectivity index (χ4v) is 1.48. The Kier molecular flexibility index (Phi) is 2.88. The maximum atomic E-state index is 5.67. The lowest BCUT2D eigenvalue weighted by molar-refractivity contribution is 0.136. The molecule has 76 valence electrons. The van der Waals surface area contributed by atoms with Crippen molar-refractivity contribution in [3.05, 3.63) is 16.7 Å². The third-order valence-electron chi connectivity index (χ3n) is 2.02. The number of aromatic nitrogens is 1. The van der Waals surface area contributed by atoms with Gasteiger partial charge in [-0.05, 0) is 15.9 Å². The van der Waals surface area contributed by atoms with Gasteiger partial charge in [0.05, 0.1) is 7.11 Å². The molecular weight excluding hydrogens is 248 g/mol. The van der Waals surface area contributed by atoms with E-state index in [1.807, 2.05) is 6.07 Å². The Labute approximate surface area is 90.7 Å². The van der Waals surface area contributed by atoms with Gasteiger partial charge in [-0.25, -0.2) is 4.98 Å². The number of hydrogen-bond donors (Lipinski definition) is 1. The molecule has 0 atom stereocenters. The summed E-state index contributed by atoms with van der Waals surface area (Å²) in [6.45, 7) is 1.77. The second-order valence-corrected chi connectivity index (χ2v) is 3.97. The highest BCUT2D eigenvalue weighted by atomic mass is 79.9. The van der Waals surface area contributed by atoms with Gasteiger partial charge in [-0.15, -0.1) is 0 Å². The van der Waals surface area contributed by atoms with Crippen molar-refractivity contribution in [3.8, 4) is 11.6 Å². The van der Waals surface area contributed by atoms with Crippen LogP contribution in [0.2, 0.25) is 0 Å². The molecule has 0 bridgehead atoms. The van der Waals surface area contributed by atoms with Crippen LogP contribution in [0.15, 0.2) is 16.7 Å². The summed E-state index contributed by atoms with van der Waals surface area (Å²) >= 11 is 3.34. The van der Waals surface area contributed by atoms with Gasteiger partial charge in [0.2, 0.25) is 0 Å². The van der Waals surface area contributed by atoms with Crippen LogP contribution in [-0.2, 0) is 0 Å². The van der Waals surface area contributed by atoms with Gasteiger partial charge in [-0.3, -0.25) is 0 Å². The smallest absolute Gasteiger partial charge is 0.256 e. The average molecular weight is 259 g/mol. The van der Waals surface area contributed by atoms with Gasteiger partial charge in [0, 0.05) is 29.8 Å². The normalized spacial score (nSPS) is 16.1. The van der Waals surface area contributed by atoms with Crippen LogP contribution in [0.25, 0.3) is 0 Å². The number of ether oxygens (including phenoxy) is 2. The third kappa shape index (κ3) is 1.99. The number of rotatable bonds is 3. The zero-order chi connectivity index (χ0) is 9.97. The highest BCUT2D eigenvalue weighted by Crippen LogP contribution is 2.28. The topological polar surface area (TPSA) is 43.4 Å². The first-order valence-electron chi connectivity index (χ1n) is 4.36. The van der Waals surface area contributed by atoms with Crippen molar-refractivity contribution in [2.24, 2.45) is 0 Å². The van der Waals surface area contributed by atoms with Crippen LogP contribution < -0.4 is 14.8 Å². The molecule has 0 spiro atoms. The van der Waals surface area contributed by atoms with Crippen molar-refractivity contribution < 1.29 is 9.47 Å². The molecule has 0 aromatic carbocycles. The Morgan fingerprint density at radius 3 is 2.93 bits per heavy atom. The minimum atomic E-state index is 0.236. The SMILES string of the molecule is COc1ncc(Br)cc1OC1CNC1. The van der Waals surface area contributed by atoms with Crippen LogP contribution in [0.1, 0.15) is 0 Å². The molecule has 2 heterocycles. The Balaban J connectivity index is 2.15. The predicted molar refractivity (Wildman–Crippen MR) is 55.8 cm³/mol. The highest BCUT2D eigenvalue weighted by molar-refractivity contribution is 9.10. The lowest BCUT2D eigenvalue weighted by Gasteiger charge is -2.28. The molecule has 0 aliphatic carbocycles. The van der Waals surface area contributed by atoms with E-state index in [9.17, 15) is 0 Å². The number of halogens is 1. The van der Waals surface area contributed by atoms with Gasteiger partial charge in [-0.1, -0.05) is 0 Å². The van der Waals surface area contributed by atoms with Crippen molar-refractivity contribution in [3.63, 3.8) is 0 Å². The number of nitrogens with zero attached hydrogens (tertiary/aromatic N) is 1. The molecule has 4 nitrogen and oxygen atoms in total. The molecule has 2 rings (SSSR count). The molecule has 0 radical (unpaired) electrons. The minimum absolute atomic E-state index is 0.236. The molecule has 1 N–H and O–H groups in total. The number of nitrogens with one attached hydrogen (secondary N) is 1.